The minimum Gasteiger partial charge on any atom is -0.497 e. The zero-order valence-electron chi connectivity index (χ0n) is 13.7. The van der Waals surface area contributed by atoms with Crippen molar-refractivity contribution in [3.05, 3.63) is 48.6 Å². The first-order chi connectivity index (χ1) is 12.0. The van der Waals surface area contributed by atoms with Gasteiger partial charge in [0.2, 0.25) is 0 Å². The van der Waals surface area contributed by atoms with E-state index in [0.717, 1.165) is 0 Å². The smallest absolute Gasteiger partial charge is 0.250 e. The molecule has 0 atom stereocenters. The molecule has 0 saturated heterocycles. The van der Waals surface area contributed by atoms with E-state index in [-0.39, 0.29) is 11.7 Å². The lowest BCUT2D eigenvalue weighted by molar-refractivity contribution is -0.137. The molecule has 0 radical (unpaired) electrons. The van der Waals surface area contributed by atoms with Crippen LogP contribution in [0.3, 0.4) is 0 Å². The monoisotopic (exact) mass is 340 g/mol. The molecule has 1 aromatic heterocycles. The van der Waals surface area contributed by atoms with Crippen LogP contribution in [0.1, 0.15) is 6.92 Å². The highest BCUT2D eigenvalue weighted by molar-refractivity contribution is 6.03. The van der Waals surface area contributed by atoms with Crippen molar-refractivity contribution in [3.63, 3.8) is 0 Å². The highest BCUT2D eigenvalue weighted by atomic mass is 17.1. The van der Waals surface area contributed by atoms with E-state index in [4.69, 9.17) is 9.99 Å². The van der Waals surface area contributed by atoms with Crippen LogP contribution in [0.15, 0.2) is 48.6 Å². The van der Waals surface area contributed by atoms with Gasteiger partial charge in [-0.1, -0.05) is 6.58 Å². The van der Waals surface area contributed by atoms with Gasteiger partial charge in [0.15, 0.2) is 5.75 Å². The molecule has 0 fully saturated rings. The third-order valence-electron chi connectivity index (χ3n) is 3.51. The number of rotatable bonds is 5. The molecule has 3 rings (SSSR count). The molecule has 8 nitrogen and oxygen atoms in total. The summed E-state index contributed by atoms with van der Waals surface area (Å²) in [5.41, 5.74) is 2.47. The molecular weight excluding hydrogens is 324 g/mol. The molecule has 3 aromatic rings. The van der Waals surface area contributed by atoms with Crippen LogP contribution in [0.5, 0.6) is 11.5 Å². The molecule has 2 aromatic carbocycles. The summed E-state index contributed by atoms with van der Waals surface area (Å²) < 4.78 is 5.17. The number of amides is 1. The Bertz CT molecular complexity index is 964. The van der Waals surface area contributed by atoms with Crippen LogP contribution >= 0.6 is 0 Å². The molecule has 0 aliphatic carbocycles. The van der Waals surface area contributed by atoms with Gasteiger partial charge in [0.1, 0.15) is 22.5 Å². The van der Waals surface area contributed by atoms with Gasteiger partial charge in [-0.25, -0.2) is 5.26 Å². The third-order valence-corrected chi connectivity index (χ3v) is 3.51. The Kier molecular flexibility index (Phi) is 4.36. The predicted molar refractivity (Wildman–Crippen MR) is 92.1 cm³/mol. The van der Waals surface area contributed by atoms with Crippen LogP contribution in [0, 0.1) is 0 Å². The van der Waals surface area contributed by atoms with Gasteiger partial charge < -0.3 is 14.9 Å². The number of ether oxygens (including phenoxy) is 1. The molecule has 0 saturated carbocycles. The zero-order valence-corrected chi connectivity index (χ0v) is 13.7. The fourth-order valence-electron chi connectivity index (χ4n) is 2.20. The van der Waals surface area contributed by atoms with Gasteiger partial charge in [-0.05, 0) is 37.3 Å². The van der Waals surface area contributed by atoms with Crippen molar-refractivity contribution < 1.29 is 19.7 Å². The first kappa shape index (κ1) is 16.5. The number of hydrogen-bond donors (Lipinski definition) is 2. The predicted octanol–water partition coefficient (Wildman–Crippen LogP) is 2.80. The van der Waals surface area contributed by atoms with E-state index in [0.29, 0.717) is 33.7 Å². The number of aromatic nitrogens is 3. The number of carbonyl (C=O) groups is 1. The lowest BCUT2D eigenvalue weighted by atomic mass is 10.2. The van der Waals surface area contributed by atoms with Crippen LogP contribution in [-0.4, -0.2) is 33.3 Å². The molecule has 0 spiro atoms. The highest BCUT2D eigenvalue weighted by Gasteiger charge is 2.14. The Morgan fingerprint density at radius 1 is 1.20 bits per heavy atom. The lowest BCUT2D eigenvalue weighted by Crippen LogP contribution is -2.12. The topological polar surface area (TPSA) is 98.5 Å². The van der Waals surface area contributed by atoms with E-state index >= 15 is 0 Å². The van der Waals surface area contributed by atoms with Crippen molar-refractivity contribution in [1.82, 2.24) is 15.0 Å². The van der Waals surface area contributed by atoms with E-state index in [1.165, 1.54) is 10.9 Å². The van der Waals surface area contributed by atoms with Gasteiger partial charge in [0.05, 0.1) is 7.11 Å². The second-order valence-corrected chi connectivity index (χ2v) is 5.35. The van der Waals surface area contributed by atoms with Crippen molar-refractivity contribution in [1.29, 1.82) is 0 Å². The molecule has 1 heterocycles. The summed E-state index contributed by atoms with van der Waals surface area (Å²) in [6.45, 7) is 5.20. The molecule has 0 unspecified atom stereocenters. The second kappa shape index (κ2) is 6.62. The molecule has 25 heavy (non-hydrogen) atoms. The number of nitrogens with one attached hydrogen (secondary N) is 1. The lowest BCUT2D eigenvalue weighted by Gasteiger charge is -2.09. The first-order valence-corrected chi connectivity index (χ1v) is 7.35. The number of methoxy groups -OCH3 is 1. The van der Waals surface area contributed by atoms with Gasteiger partial charge in [-0.2, -0.15) is 0 Å². The van der Waals surface area contributed by atoms with E-state index in [1.807, 2.05) is 0 Å². The third kappa shape index (κ3) is 3.29. The van der Waals surface area contributed by atoms with Crippen molar-refractivity contribution >= 4 is 22.6 Å². The minimum absolute atomic E-state index is 0.139. The summed E-state index contributed by atoms with van der Waals surface area (Å²) in [6, 6.07) is 9.95. The summed E-state index contributed by atoms with van der Waals surface area (Å²) in [5.74, 6) is 0.480. The molecule has 2 N–H and O–H groups in total. The van der Waals surface area contributed by atoms with Crippen molar-refractivity contribution in [2.75, 3.05) is 12.4 Å². The first-order valence-electron chi connectivity index (χ1n) is 7.35. The van der Waals surface area contributed by atoms with E-state index in [1.54, 1.807) is 44.4 Å². The largest absolute Gasteiger partial charge is 0.497 e. The molecular formula is C17H16N4O4. The maximum absolute atomic E-state index is 11.8. The molecule has 0 bridgehead atoms. The Hall–Kier alpha value is -3.39. The summed E-state index contributed by atoms with van der Waals surface area (Å²) in [4.78, 5) is 17.5. The van der Waals surface area contributed by atoms with Crippen molar-refractivity contribution in [3.8, 4) is 17.2 Å². The zero-order chi connectivity index (χ0) is 18.0. The van der Waals surface area contributed by atoms with E-state index in [2.05, 4.69) is 27.0 Å². The van der Waals surface area contributed by atoms with Gasteiger partial charge in [0, 0.05) is 17.3 Å². The normalized spacial score (nSPS) is 10.5. The van der Waals surface area contributed by atoms with Crippen LogP contribution in [-0.2, 0) is 4.79 Å². The van der Waals surface area contributed by atoms with Crippen LogP contribution < -0.4 is 14.9 Å². The molecule has 1 amide bonds. The molecule has 8 heteroatoms. The molecule has 128 valence electrons. The van der Waals surface area contributed by atoms with Gasteiger partial charge in [-0.3, -0.25) is 4.79 Å². The average molecular weight is 340 g/mol. The Labute approximate surface area is 143 Å². The van der Waals surface area contributed by atoms with Gasteiger partial charge >= 0.3 is 0 Å². The standard InChI is InChI=1S/C17H16N4O4/c1-10(2)17(22)18-11-4-7-16(25-23)15(8-11)21-19-13-6-5-12(24-3)9-14(13)20-21/h4-9,23H,1H2,2-3H3,(H,18,22). The number of fused-ring (bicyclic) bond motifs is 1. The average Bonchev–Trinajstić information content (AvgIpc) is 3.04. The number of hydrogen-bond acceptors (Lipinski definition) is 6. The van der Waals surface area contributed by atoms with Crippen LogP contribution in [0.25, 0.3) is 16.7 Å². The van der Waals surface area contributed by atoms with Gasteiger partial charge in [-0.15, -0.1) is 15.0 Å². The Morgan fingerprint density at radius 3 is 2.64 bits per heavy atom. The summed E-state index contributed by atoms with van der Waals surface area (Å²) in [7, 11) is 1.57. The van der Waals surface area contributed by atoms with Crippen LogP contribution in [0.4, 0.5) is 5.69 Å². The van der Waals surface area contributed by atoms with Crippen molar-refractivity contribution in [2.24, 2.45) is 0 Å². The quantitative estimate of drug-likeness (QED) is 0.421. The minimum atomic E-state index is -0.313. The Morgan fingerprint density at radius 2 is 1.96 bits per heavy atom. The SMILES string of the molecule is C=C(C)C(=O)Nc1ccc(OO)c(-n2nc3ccc(OC)cc3n2)c1. The number of nitrogens with zero attached hydrogens (tertiary/aromatic N) is 3. The number of benzene rings is 2. The second-order valence-electron chi connectivity index (χ2n) is 5.35. The summed E-state index contributed by atoms with van der Waals surface area (Å²) in [6.07, 6.45) is 0. The summed E-state index contributed by atoms with van der Waals surface area (Å²) in [5, 5.41) is 20.5. The highest BCUT2D eigenvalue weighted by Crippen LogP contribution is 2.27. The Balaban J connectivity index is 2.05. The molecule has 0 aliphatic heterocycles. The maximum atomic E-state index is 11.8. The van der Waals surface area contributed by atoms with E-state index in [9.17, 15) is 4.79 Å². The van der Waals surface area contributed by atoms with E-state index < -0.39 is 0 Å². The van der Waals surface area contributed by atoms with Crippen LogP contribution in [0.2, 0.25) is 0 Å². The fraction of sp³-hybridized carbons (Fsp3) is 0.118. The molecule has 0 aliphatic rings. The number of carbonyl (C=O) groups excluding carboxylic acids is 1. The summed E-state index contributed by atoms with van der Waals surface area (Å²) >= 11 is 0. The number of anilines is 1. The maximum Gasteiger partial charge on any atom is 0.250 e. The van der Waals surface area contributed by atoms with Gasteiger partial charge in [0.25, 0.3) is 5.91 Å². The fourth-order valence-corrected chi connectivity index (χ4v) is 2.20. The van der Waals surface area contributed by atoms with Crippen molar-refractivity contribution in [2.45, 2.75) is 6.92 Å².